The number of rotatable bonds is 3. The maximum absolute atomic E-state index is 3.88. The van der Waals surface area contributed by atoms with E-state index < -0.39 is 8.07 Å². The molecular weight excluding hydrogens is 268 g/mol. The van der Waals surface area contributed by atoms with Crippen molar-refractivity contribution < 1.29 is 0 Å². The molecule has 0 saturated heterocycles. The van der Waals surface area contributed by atoms with Gasteiger partial charge in [-0.1, -0.05) is 76.0 Å². The maximum Gasteiger partial charge on any atom is 0.0867 e. The second kappa shape index (κ2) is 4.58. The van der Waals surface area contributed by atoms with Crippen LogP contribution in [0.15, 0.2) is 30.8 Å². The molecule has 2 bridgehead atoms. The molecule has 114 valence electrons. The van der Waals surface area contributed by atoms with Crippen molar-refractivity contribution >= 4 is 19.3 Å². The summed E-state index contributed by atoms with van der Waals surface area (Å²) in [7, 11) is -1.49. The van der Waals surface area contributed by atoms with Crippen LogP contribution in [0.1, 0.15) is 45.6 Å². The molecule has 0 amide bonds. The second-order valence-electron chi connectivity index (χ2n) is 8.71. The van der Waals surface area contributed by atoms with E-state index in [1.54, 1.807) is 5.19 Å². The van der Waals surface area contributed by atoms with Crippen molar-refractivity contribution in [2.75, 3.05) is 0 Å². The van der Waals surface area contributed by atoms with Gasteiger partial charge in [0.2, 0.25) is 0 Å². The van der Waals surface area contributed by atoms with E-state index in [-0.39, 0.29) is 0 Å². The van der Waals surface area contributed by atoms with Crippen molar-refractivity contribution in [2.24, 2.45) is 17.3 Å². The average molecular weight is 299 g/mol. The molecule has 0 heterocycles. The van der Waals surface area contributed by atoms with Crippen molar-refractivity contribution in [3.8, 4) is 0 Å². The van der Waals surface area contributed by atoms with E-state index in [9.17, 15) is 0 Å². The summed E-state index contributed by atoms with van der Waals surface area (Å²) < 4.78 is 0. The Labute approximate surface area is 131 Å². The highest BCUT2D eigenvalue weighted by molar-refractivity contribution is 6.92. The summed E-state index contributed by atoms with van der Waals surface area (Å²) in [6.07, 6.45) is 6.31. The topological polar surface area (TPSA) is 0 Å². The lowest BCUT2D eigenvalue weighted by Crippen LogP contribution is -2.64. The van der Waals surface area contributed by atoms with Gasteiger partial charge in [-0.2, -0.15) is 0 Å². The number of hydrogen-bond acceptors (Lipinski definition) is 0. The van der Waals surface area contributed by atoms with Gasteiger partial charge in [-0.25, -0.2) is 0 Å². The Morgan fingerprint density at radius 1 is 1.14 bits per heavy atom. The predicted octanol–water partition coefficient (Wildman–Crippen LogP) is 5.46. The molecule has 3 saturated carbocycles. The van der Waals surface area contributed by atoms with E-state index in [0.717, 1.165) is 11.8 Å². The van der Waals surface area contributed by atoms with Crippen LogP contribution in [-0.4, -0.2) is 8.07 Å². The van der Waals surface area contributed by atoms with Crippen LogP contribution < -0.4 is 5.19 Å². The van der Waals surface area contributed by atoms with Crippen molar-refractivity contribution in [1.82, 2.24) is 0 Å². The van der Waals surface area contributed by atoms with Gasteiger partial charge in [0.1, 0.15) is 0 Å². The molecule has 0 radical (unpaired) electrons. The Hall–Kier alpha value is -0.823. The third kappa shape index (κ3) is 1.93. The molecule has 3 fully saturated rings. The van der Waals surface area contributed by atoms with Crippen LogP contribution in [0.25, 0.3) is 6.08 Å². The summed E-state index contributed by atoms with van der Waals surface area (Å²) in [6, 6.07) is 9.26. The second-order valence-corrected chi connectivity index (χ2v) is 13.7. The lowest BCUT2D eigenvalue weighted by molar-refractivity contribution is -0.0939. The highest BCUT2D eigenvalue weighted by Gasteiger charge is 2.63. The number of benzene rings is 1. The van der Waals surface area contributed by atoms with Gasteiger partial charge in [0.05, 0.1) is 8.07 Å². The third-order valence-corrected chi connectivity index (χ3v) is 12.8. The van der Waals surface area contributed by atoms with Crippen molar-refractivity contribution in [1.29, 1.82) is 0 Å². The van der Waals surface area contributed by atoms with Gasteiger partial charge in [0, 0.05) is 0 Å². The highest BCUT2D eigenvalue weighted by Crippen LogP contribution is 2.71. The van der Waals surface area contributed by atoms with E-state index >= 15 is 0 Å². The van der Waals surface area contributed by atoms with E-state index in [2.05, 4.69) is 64.7 Å². The first kappa shape index (κ1) is 15.1. The average Bonchev–Trinajstić information content (AvgIpc) is 2.46. The van der Waals surface area contributed by atoms with E-state index in [4.69, 9.17) is 0 Å². The molecule has 21 heavy (non-hydrogen) atoms. The first-order valence-corrected chi connectivity index (χ1v) is 11.5. The van der Waals surface area contributed by atoms with Crippen LogP contribution in [0, 0.1) is 17.3 Å². The fourth-order valence-corrected chi connectivity index (χ4v) is 9.14. The molecule has 3 aliphatic rings. The summed E-state index contributed by atoms with van der Waals surface area (Å²) in [4.78, 5) is 0. The Kier molecular flexibility index (Phi) is 3.29. The number of fused-ring (bicyclic) bond motifs is 2. The zero-order chi connectivity index (χ0) is 15.5. The fourth-order valence-electron chi connectivity index (χ4n) is 5.35. The lowest BCUT2D eigenvalue weighted by Gasteiger charge is -2.68. The predicted molar refractivity (Wildman–Crippen MR) is 96.6 cm³/mol. The smallest absolute Gasteiger partial charge is 0.0867 e. The molecule has 4 rings (SSSR count). The maximum atomic E-state index is 3.88. The van der Waals surface area contributed by atoms with Gasteiger partial charge in [0.25, 0.3) is 0 Å². The zero-order valence-electron chi connectivity index (χ0n) is 14.4. The summed E-state index contributed by atoms with van der Waals surface area (Å²) in [5.41, 5.74) is 1.81. The Bertz CT molecular complexity index is 550. The monoisotopic (exact) mass is 298 g/mol. The first-order chi connectivity index (χ1) is 9.73. The minimum atomic E-state index is -1.49. The van der Waals surface area contributed by atoms with Crippen LogP contribution in [0.4, 0.5) is 0 Å². The minimum Gasteiger partial charge on any atom is -0.0985 e. The zero-order valence-corrected chi connectivity index (χ0v) is 15.4. The van der Waals surface area contributed by atoms with Gasteiger partial charge in [-0.3, -0.25) is 0 Å². The molecule has 0 spiro atoms. The van der Waals surface area contributed by atoms with E-state index in [0.29, 0.717) is 10.5 Å². The van der Waals surface area contributed by atoms with Gasteiger partial charge < -0.3 is 0 Å². The summed E-state index contributed by atoms with van der Waals surface area (Å²) in [5.74, 6) is 1.91. The molecule has 1 aromatic carbocycles. The normalized spacial score (nSPS) is 34.1. The minimum absolute atomic E-state index is 0.543. The molecule has 1 heteroatoms. The van der Waals surface area contributed by atoms with Crippen LogP contribution in [0.2, 0.25) is 18.1 Å². The van der Waals surface area contributed by atoms with Gasteiger partial charge >= 0.3 is 0 Å². The number of hydrogen-bond donors (Lipinski definition) is 0. The molecule has 3 unspecified atom stereocenters. The molecule has 0 N–H and O–H groups in total. The largest absolute Gasteiger partial charge is 0.0985 e. The van der Waals surface area contributed by atoms with Crippen molar-refractivity contribution in [3.05, 3.63) is 36.4 Å². The van der Waals surface area contributed by atoms with Crippen LogP contribution >= 0.6 is 0 Å². The Morgan fingerprint density at radius 2 is 1.76 bits per heavy atom. The van der Waals surface area contributed by atoms with Crippen LogP contribution in [-0.2, 0) is 0 Å². The quantitative estimate of drug-likeness (QED) is 0.650. The molecule has 0 aromatic heterocycles. The summed E-state index contributed by atoms with van der Waals surface area (Å²) in [6.45, 7) is 16.7. The molecular formula is C20H30Si. The molecule has 3 atom stereocenters. The Balaban J connectivity index is 1.98. The summed E-state index contributed by atoms with van der Waals surface area (Å²) >= 11 is 0. The fraction of sp³-hybridized carbons (Fsp3) is 0.600. The first-order valence-electron chi connectivity index (χ1n) is 8.46. The molecule has 3 aliphatic carbocycles. The Morgan fingerprint density at radius 3 is 2.24 bits per heavy atom. The van der Waals surface area contributed by atoms with Gasteiger partial charge in [0.15, 0.2) is 0 Å². The van der Waals surface area contributed by atoms with Crippen LogP contribution in [0.5, 0.6) is 0 Å². The van der Waals surface area contributed by atoms with E-state index in [1.165, 1.54) is 24.8 Å². The summed E-state index contributed by atoms with van der Waals surface area (Å²) in [5, 5.41) is 2.16. The lowest BCUT2D eigenvalue weighted by atomic mass is 9.45. The van der Waals surface area contributed by atoms with Crippen molar-refractivity contribution in [2.45, 2.75) is 58.2 Å². The van der Waals surface area contributed by atoms with Gasteiger partial charge in [-0.15, -0.1) is 0 Å². The molecule has 1 aromatic rings. The standard InChI is InChI=1S/C20H30Si/c1-7-15-8-10-17(11-9-15)21(5,6)20(4)13-12-16-14-18(20)19(16,2)3/h7-11,16,18H,1,12-14H2,2-6H3. The third-order valence-electron chi connectivity index (χ3n) is 7.55. The van der Waals surface area contributed by atoms with E-state index in [1.807, 2.05) is 6.08 Å². The molecule has 0 aliphatic heterocycles. The highest BCUT2D eigenvalue weighted by atomic mass is 28.3. The van der Waals surface area contributed by atoms with Crippen molar-refractivity contribution in [3.63, 3.8) is 0 Å². The van der Waals surface area contributed by atoms with Gasteiger partial charge in [-0.05, 0) is 47.1 Å². The SMILES string of the molecule is C=Cc1ccc([Si](C)(C)C2(C)CCC3CC2C3(C)C)cc1. The van der Waals surface area contributed by atoms with Crippen LogP contribution in [0.3, 0.4) is 0 Å². The molecule has 0 nitrogen and oxygen atoms in total.